The van der Waals surface area contributed by atoms with Gasteiger partial charge in [0.15, 0.2) is 0 Å². The van der Waals surface area contributed by atoms with Gasteiger partial charge in [0, 0.05) is 23.6 Å². The summed E-state index contributed by atoms with van der Waals surface area (Å²) in [6.45, 7) is 5.23. The molecule has 3 rings (SSSR count). The number of ether oxygens (including phenoxy) is 2. The topological polar surface area (TPSA) is 109 Å². The maximum atomic E-state index is 11.9. The van der Waals surface area contributed by atoms with E-state index in [2.05, 4.69) is 0 Å². The number of hydrogen-bond donors (Lipinski definition) is 0. The zero-order chi connectivity index (χ0) is 21.1. The summed E-state index contributed by atoms with van der Waals surface area (Å²) in [5.74, 6) is -0.442. The molecule has 0 radical (unpaired) electrons. The lowest BCUT2D eigenvalue weighted by Crippen LogP contribution is -2.11. The van der Waals surface area contributed by atoms with Crippen molar-refractivity contribution in [1.82, 2.24) is 0 Å². The Bertz CT molecular complexity index is 1130. The monoisotopic (exact) mass is 397 g/mol. The van der Waals surface area contributed by atoms with Crippen molar-refractivity contribution >= 4 is 22.6 Å². The van der Waals surface area contributed by atoms with E-state index in [-0.39, 0.29) is 29.7 Å². The Balaban J connectivity index is 1.84. The average molecular weight is 397 g/mol. The van der Waals surface area contributed by atoms with E-state index < -0.39 is 16.5 Å². The normalized spacial score (nSPS) is 10.9. The van der Waals surface area contributed by atoms with Crippen LogP contribution in [0.3, 0.4) is 0 Å². The molecule has 1 heterocycles. The van der Waals surface area contributed by atoms with E-state index in [9.17, 15) is 19.7 Å². The minimum Gasteiger partial charge on any atom is -0.482 e. The molecular formula is C21H19NO7. The summed E-state index contributed by atoms with van der Waals surface area (Å²) in [7, 11) is 0. The summed E-state index contributed by atoms with van der Waals surface area (Å²) < 4.78 is 15.9. The van der Waals surface area contributed by atoms with Gasteiger partial charge in [0.05, 0.1) is 16.6 Å². The van der Waals surface area contributed by atoms with Crippen LogP contribution < -0.4 is 10.4 Å². The van der Waals surface area contributed by atoms with Crippen LogP contribution in [0, 0.1) is 17.0 Å². The average Bonchev–Trinajstić information content (AvgIpc) is 2.65. The van der Waals surface area contributed by atoms with Crippen LogP contribution in [-0.4, -0.2) is 17.0 Å². The molecule has 0 aliphatic heterocycles. The molecule has 1 aromatic heterocycles. The van der Waals surface area contributed by atoms with Gasteiger partial charge in [0.2, 0.25) is 5.75 Å². The fraction of sp³-hybridized carbons (Fsp3) is 0.238. The highest BCUT2D eigenvalue weighted by Gasteiger charge is 2.19. The third kappa shape index (κ3) is 4.60. The number of nitrogens with zero attached hydrogens (tertiary/aromatic N) is 1. The molecule has 0 saturated carbocycles. The van der Waals surface area contributed by atoms with Crippen molar-refractivity contribution in [1.29, 1.82) is 0 Å². The van der Waals surface area contributed by atoms with Gasteiger partial charge in [-0.3, -0.25) is 10.1 Å². The highest BCUT2D eigenvalue weighted by atomic mass is 16.6. The lowest BCUT2D eigenvalue weighted by atomic mass is 10.1. The summed E-state index contributed by atoms with van der Waals surface area (Å²) >= 11 is 0. The molecule has 0 N–H and O–H groups in total. The molecule has 29 heavy (non-hydrogen) atoms. The third-order valence-electron chi connectivity index (χ3n) is 4.15. The molecule has 0 bridgehead atoms. The Morgan fingerprint density at radius 3 is 2.48 bits per heavy atom. The van der Waals surface area contributed by atoms with Crippen LogP contribution in [0.5, 0.6) is 5.75 Å². The van der Waals surface area contributed by atoms with Crippen LogP contribution in [-0.2, 0) is 11.3 Å². The first-order valence-corrected chi connectivity index (χ1v) is 8.90. The maximum Gasteiger partial charge on any atom is 0.338 e. The number of fused-ring (bicyclic) bond motifs is 1. The number of carbonyl (C=O) groups is 1. The minimum atomic E-state index is -0.551. The van der Waals surface area contributed by atoms with Crippen molar-refractivity contribution < 1.29 is 23.6 Å². The van der Waals surface area contributed by atoms with E-state index in [0.29, 0.717) is 22.1 Å². The Morgan fingerprint density at radius 2 is 1.86 bits per heavy atom. The van der Waals surface area contributed by atoms with Crippen LogP contribution in [0.4, 0.5) is 5.69 Å². The number of esters is 1. The lowest BCUT2D eigenvalue weighted by Gasteiger charge is -2.10. The summed E-state index contributed by atoms with van der Waals surface area (Å²) in [5, 5.41) is 11.9. The Hall–Kier alpha value is -3.68. The van der Waals surface area contributed by atoms with E-state index in [1.165, 1.54) is 18.2 Å². The zero-order valence-corrected chi connectivity index (χ0v) is 16.1. The largest absolute Gasteiger partial charge is 0.482 e. The molecule has 0 aliphatic carbocycles. The molecule has 0 aliphatic rings. The van der Waals surface area contributed by atoms with Crippen molar-refractivity contribution in [3.05, 3.63) is 79.7 Å². The third-order valence-corrected chi connectivity index (χ3v) is 4.15. The molecule has 0 amide bonds. The van der Waals surface area contributed by atoms with Crippen molar-refractivity contribution in [3.8, 4) is 5.75 Å². The van der Waals surface area contributed by atoms with Crippen LogP contribution >= 0.6 is 0 Å². The van der Waals surface area contributed by atoms with E-state index >= 15 is 0 Å². The van der Waals surface area contributed by atoms with Crippen molar-refractivity contribution in [2.45, 2.75) is 33.5 Å². The summed E-state index contributed by atoms with van der Waals surface area (Å²) in [6, 6.07) is 10.5. The number of aryl methyl sites for hydroxylation is 1. The Kier molecular flexibility index (Phi) is 5.63. The number of hydrogen-bond acceptors (Lipinski definition) is 7. The predicted molar refractivity (Wildman–Crippen MR) is 105 cm³/mol. The zero-order valence-electron chi connectivity index (χ0n) is 16.1. The van der Waals surface area contributed by atoms with Gasteiger partial charge >= 0.3 is 17.3 Å². The van der Waals surface area contributed by atoms with Gasteiger partial charge in [-0.25, -0.2) is 9.59 Å². The summed E-state index contributed by atoms with van der Waals surface area (Å²) in [4.78, 5) is 34.4. The highest BCUT2D eigenvalue weighted by molar-refractivity contribution is 5.89. The second kappa shape index (κ2) is 8.14. The molecule has 2 aromatic carbocycles. The number of carbonyl (C=O) groups excluding carboxylic acids is 1. The number of benzene rings is 2. The van der Waals surface area contributed by atoms with E-state index in [0.717, 1.165) is 0 Å². The maximum absolute atomic E-state index is 11.9. The fourth-order valence-corrected chi connectivity index (χ4v) is 2.77. The summed E-state index contributed by atoms with van der Waals surface area (Å²) in [6.07, 6.45) is -0.220. The van der Waals surface area contributed by atoms with Crippen LogP contribution in [0.25, 0.3) is 11.0 Å². The highest BCUT2D eigenvalue weighted by Crippen LogP contribution is 2.33. The molecular weight excluding hydrogens is 378 g/mol. The first kappa shape index (κ1) is 20.1. The van der Waals surface area contributed by atoms with Gasteiger partial charge in [-0.05, 0) is 44.0 Å². The minimum absolute atomic E-state index is 0.0143. The Morgan fingerprint density at radius 1 is 1.17 bits per heavy atom. The number of nitro benzene ring substituents is 1. The van der Waals surface area contributed by atoms with Gasteiger partial charge in [-0.2, -0.15) is 0 Å². The molecule has 0 fully saturated rings. The van der Waals surface area contributed by atoms with Crippen LogP contribution in [0.2, 0.25) is 0 Å². The SMILES string of the molecule is Cc1cc(=O)oc2cc(OCc3ccc(C(=O)OC(C)C)cc3)c([N+](=O)[O-])cc12. The first-order chi connectivity index (χ1) is 13.7. The number of rotatable bonds is 6. The molecule has 150 valence electrons. The van der Waals surface area contributed by atoms with Gasteiger partial charge in [-0.15, -0.1) is 0 Å². The van der Waals surface area contributed by atoms with Gasteiger partial charge in [-0.1, -0.05) is 12.1 Å². The second-order valence-electron chi connectivity index (χ2n) is 6.76. The lowest BCUT2D eigenvalue weighted by molar-refractivity contribution is -0.385. The molecule has 0 unspecified atom stereocenters. The van der Waals surface area contributed by atoms with Crippen LogP contribution in [0.15, 0.2) is 51.7 Å². The molecule has 8 nitrogen and oxygen atoms in total. The first-order valence-electron chi connectivity index (χ1n) is 8.90. The smallest absolute Gasteiger partial charge is 0.338 e. The van der Waals surface area contributed by atoms with Crippen LogP contribution in [0.1, 0.15) is 35.3 Å². The standard InChI is InChI=1S/C21H19NO7/c1-12(2)28-21(24)15-6-4-14(5-7-15)11-27-19-10-18-16(9-17(19)22(25)26)13(3)8-20(23)29-18/h4-10,12H,11H2,1-3H3. The summed E-state index contributed by atoms with van der Waals surface area (Å²) in [5.41, 5.74) is 1.12. The Labute approximate surface area is 165 Å². The van der Waals surface area contributed by atoms with E-state index in [1.54, 1.807) is 45.0 Å². The fourth-order valence-electron chi connectivity index (χ4n) is 2.77. The molecule has 0 atom stereocenters. The molecule has 0 saturated heterocycles. The number of nitro groups is 1. The van der Waals surface area contributed by atoms with Gasteiger partial charge in [0.25, 0.3) is 0 Å². The molecule has 8 heteroatoms. The van der Waals surface area contributed by atoms with E-state index in [1.807, 2.05) is 0 Å². The molecule has 3 aromatic rings. The molecule has 0 spiro atoms. The van der Waals surface area contributed by atoms with Crippen molar-refractivity contribution in [2.24, 2.45) is 0 Å². The predicted octanol–water partition coefficient (Wildman–Crippen LogP) is 4.15. The van der Waals surface area contributed by atoms with Crippen molar-refractivity contribution in [2.75, 3.05) is 0 Å². The van der Waals surface area contributed by atoms with Gasteiger partial charge in [0.1, 0.15) is 12.2 Å². The van der Waals surface area contributed by atoms with Gasteiger partial charge < -0.3 is 13.9 Å². The van der Waals surface area contributed by atoms with E-state index in [4.69, 9.17) is 13.9 Å². The quantitative estimate of drug-likeness (QED) is 0.266. The second-order valence-corrected chi connectivity index (χ2v) is 6.76. The van der Waals surface area contributed by atoms with Crippen molar-refractivity contribution in [3.63, 3.8) is 0 Å².